The molecule has 0 saturated heterocycles. The van der Waals surface area contributed by atoms with Gasteiger partial charge in [-0.3, -0.25) is 15.0 Å². The van der Waals surface area contributed by atoms with Gasteiger partial charge < -0.3 is 35.2 Å². The van der Waals surface area contributed by atoms with Gasteiger partial charge in [0.1, 0.15) is 9.79 Å². The Balaban J connectivity index is 1.75. The maximum atomic E-state index is 13.1. The third-order valence-corrected chi connectivity index (χ3v) is 7.86. The average Bonchev–Trinajstić information content (AvgIpc) is 3.05. The van der Waals surface area contributed by atoms with Gasteiger partial charge in [0.25, 0.3) is 5.91 Å². The number of aromatic carboxylic acids is 1. The molecule has 19 heteroatoms. The number of benzene rings is 3. The highest BCUT2D eigenvalue weighted by atomic mass is 32.2. The van der Waals surface area contributed by atoms with Gasteiger partial charge in [0.15, 0.2) is 11.3 Å². The van der Waals surface area contributed by atoms with Crippen LogP contribution in [0.15, 0.2) is 56.7 Å². The lowest BCUT2D eigenvalue weighted by Gasteiger charge is -2.20. The highest BCUT2D eigenvalue weighted by molar-refractivity contribution is 7.95. The van der Waals surface area contributed by atoms with Gasteiger partial charge in [-0.15, -0.1) is 8.67 Å². The van der Waals surface area contributed by atoms with Gasteiger partial charge in [-0.25, -0.2) is 15.3 Å². The number of anilines is 1. The van der Waals surface area contributed by atoms with Gasteiger partial charge in [-0.05, 0) is 48.0 Å². The normalized spacial score (nSPS) is 11.3. The predicted molar refractivity (Wildman–Crippen MR) is 163 cm³/mol. The molecule has 0 fully saturated rings. The zero-order valence-corrected chi connectivity index (χ0v) is 25.7. The van der Waals surface area contributed by atoms with Crippen LogP contribution in [0.3, 0.4) is 0 Å². The van der Waals surface area contributed by atoms with Crippen molar-refractivity contribution < 1.29 is 67.7 Å². The fraction of sp³-hybridized carbons (Fsp3) is 0.214. The first-order valence-corrected chi connectivity index (χ1v) is 14.9. The number of aliphatic carboxylic acids is 1. The molecule has 0 atom stereocenters. The summed E-state index contributed by atoms with van der Waals surface area (Å²) in [6.07, 6.45) is -0.123. The molecule has 2 aromatic rings. The lowest BCUT2D eigenvalue weighted by molar-refractivity contribution is -0.432. The Labute approximate surface area is 273 Å². The Bertz CT molecular complexity index is 1780. The van der Waals surface area contributed by atoms with Crippen molar-refractivity contribution in [3.63, 3.8) is 0 Å². The van der Waals surface area contributed by atoms with E-state index in [-0.39, 0.29) is 99.4 Å². The summed E-state index contributed by atoms with van der Waals surface area (Å²) in [7, 11) is 0. The monoisotopic (exact) mass is 693 g/mol. The van der Waals surface area contributed by atoms with E-state index in [1.165, 1.54) is 36.4 Å². The number of nitrogens with one attached hydrogen (secondary N) is 2. The molecule has 1 amide bonds. The second-order valence-corrected chi connectivity index (χ2v) is 10.7. The zero-order valence-electron chi connectivity index (χ0n) is 24.0. The third-order valence-electron chi connectivity index (χ3n) is 6.44. The number of fused-ring (bicyclic) bond motifs is 2. The lowest BCUT2D eigenvalue weighted by atomic mass is 9.89. The van der Waals surface area contributed by atoms with Gasteiger partial charge in [0.2, 0.25) is 0 Å². The number of nitrogens with two attached hydrogens (primary N) is 1. The number of carbonyl (C=O) groups excluding carboxylic acids is 1. The van der Waals surface area contributed by atoms with E-state index in [9.17, 15) is 19.5 Å². The molecule has 0 aromatic heterocycles. The predicted octanol–water partition coefficient (Wildman–Crippen LogP) is 4.06. The molecule has 1 aliphatic heterocycles. The number of rotatable bonds is 18. The van der Waals surface area contributed by atoms with Gasteiger partial charge in [-0.1, -0.05) is 10.1 Å². The Morgan fingerprint density at radius 1 is 0.872 bits per heavy atom. The molecular formula is C28H27N3O14S2. The summed E-state index contributed by atoms with van der Waals surface area (Å²) >= 11 is 0.934. The smallest absolute Gasteiger partial charge is 0.336 e. The minimum atomic E-state index is -1.31. The lowest BCUT2D eigenvalue weighted by Crippen LogP contribution is -2.27. The van der Waals surface area contributed by atoms with E-state index in [2.05, 4.69) is 24.1 Å². The van der Waals surface area contributed by atoms with Crippen LogP contribution < -0.4 is 16.4 Å². The molecule has 4 rings (SSSR count). The molecule has 0 bridgehead atoms. The molecule has 47 heavy (non-hydrogen) atoms. The molecule has 0 spiro atoms. The van der Waals surface area contributed by atoms with Gasteiger partial charge >= 0.3 is 11.9 Å². The SMILES string of the molecule is N=c1ccc2c(-c3cc(C(=O)NCCOCCOCCC(=O)O)ccc3C(=O)O)c3ccc(N)c(SOOO)c3oc-2c1SOOO. The molecule has 2 aliphatic rings. The van der Waals surface area contributed by atoms with Crippen molar-refractivity contribution in [3.8, 4) is 22.5 Å². The van der Waals surface area contributed by atoms with Crippen molar-refractivity contribution in [1.29, 1.82) is 5.41 Å². The number of carbonyl (C=O) groups is 3. The largest absolute Gasteiger partial charge is 0.481 e. The highest BCUT2D eigenvalue weighted by Gasteiger charge is 2.27. The van der Waals surface area contributed by atoms with E-state index >= 15 is 0 Å². The summed E-state index contributed by atoms with van der Waals surface area (Å²) in [5.41, 5.74) is 6.89. The van der Waals surface area contributed by atoms with Crippen molar-refractivity contribution in [2.75, 3.05) is 38.7 Å². The summed E-state index contributed by atoms with van der Waals surface area (Å²) in [6, 6.07) is 9.95. The van der Waals surface area contributed by atoms with Crippen LogP contribution >= 0.6 is 24.1 Å². The van der Waals surface area contributed by atoms with Crippen LogP contribution in [0.1, 0.15) is 27.1 Å². The van der Waals surface area contributed by atoms with Gasteiger partial charge in [0, 0.05) is 28.6 Å². The number of ether oxygens (including phenoxy) is 2. The molecule has 1 aliphatic carbocycles. The molecule has 1 heterocycles. The maximum absolute atomic E-state index is 13.1. The van der Waals surface area contributed by atoms with Crippen LogP contribution in [0.25, 0.3) is 33.4 Å². The van der Waals surface area contributed by atoms with E-state index in [0.717, 1.165) is 0 Å². The standard InChI is InChI=1S/C28H27N3O14S2/c29-19-5-3-16-22(17-4-6-20(30)26(47-45-43-38)24(17)41-23(16)25(19)46-44-42-37)18-13-14(1-2-15(18)28(35)36)27(34)31-8-10-40-12-11-39-9-7-21(32)33/h1-6,13,29,37-38H,7-12,30H2,(H,31,34)(H,32,33)(H,35,36). The van der Waals surface area contributed by atoms with Crippen molar-refractivity contribution in [2.45, 2.75) is 16.2 Å². The maximum Gasteiger partial charge on any atom is 0.336 e. The van der Waals surface area contributed by atoms with E-state index in [1.54, 1.807) is 6.07 Å². The first kappa shape index (κ1) is 35.6. The number of carboxylic acid groups (broad SMARTS) is 2. The van der Waals surface area contributed by atoms with Crippen LogP contribution in [0.5, 0.6) is 0 Å². The number of hydrogen-bond donors (Lipinski definition) is 7. The van der Waals surface area contributed by atoms with E-state index in [4.69, 9.17) is 40.7 Å². The Hall–Kier alpha value is -4.28. The molecule has 0 saturated carbocycles. The number of amides is 1. The van der Waals surface area contributed by atoms with Crippen LogP contribution in [0.4, 0.5) is 5.69 Å². The number of hydrogen-bond acceptors (Lipinski definition) is 16. The molecule has 2 aromatic carbocycles. The van der Waals surface area contributed by atoms with Crippen molar-refractivity contribution in [3.05, 3.63) is 58.9 Å². The van der Waals surface area contributed by atoms with Crippen molar-refractivity contribution >= 4 is 58.6 Å². The van der Waals surface area contributed by atoms with E-state index in [0.29, 0.717) is 29.5 Å². The summed E-state index contributed by atoms with van der Waals surface area (Å²) in [5, 5.41) is 55.0. The van der Waals surface area contributed by atoms with Crippen LogP contribution in [-0.2, 0) is 33.0 Å². The summed E-state index contributed by atoms with van der Waals surface area (Å²) in [5.74, 6) is -2.82. The van der Waals surface area contributed by atoms with Crippen molar-refractivity contribution in [1.82, 2.24) is 5.32 Å². The molecular weight excluding hydrogens is 666 g/mol. The van der Waals surface area contributed by atoms with E-state index < -0.39 is 17.8 Å². The zero-order chi connectivity index (χ0) is 33.9. The molecule has 0 unspecified atom stereocenters. The molecule has 0 radical (unpaired) electrons. The van der Waals surface area contributed by atoms with Crippen LogP contribution in [0.2, 0.25) is 0 Å². The quantitative estimate of drug-likeness (QED) is 0.0193. The molecule has 250 valence electrons. The Morgan fingerprint density at radius 3 is 2.26 bits per heavy atom. The highest BCUT2D eigenvalue weighted by Crippen LogP contribution is 2.47. The topological polar surface area (TPSA) is 263 Å². The second-order valence-electron chi connectivity index (χ2n) is 9.30. The average molecular weight is 694 g/mol. The number of carboxylic acids is 2. The van der Waals surface area contributed by atoms with E-state index in [1.807, 2.05) is 0 Å². The molecule has 17 nitrogen and oxygen atoms in total. The van der Waals surface area contributed by atoms with Crippen molar-refractivity contribution in [2.24, 2.45) is 0 Å². The fourth-order valence-electron chi connectivity index (χ4n) is 4.44. The first-order valence-electron chi connectivity index (χ1n) is 13.4. The summed E-state index contributed by atoms with van der Waals surface area (Å²) in [6.45, 7) is 0.645. The summed E-state index contributed by atoms with van der Waals surface area (Å²) in [4.78, 5) is 36.3. The molecule has 8 N–H and O–H groups in total. The van der Waals surface area contributed by atoms with Crippen LogP contribution in [-0.4, -0.2) is 71.5 Å². The third kappa shape index (κ3) is 8.75. The minimum absolute atomic E-state index is 0.00491. The second kappa shape index (κ2) is 17.0. The first-order chi connectivity index (χ1) is 22.7. The number of nitrogen functional groups attached to an aromatic ring is 1. The van der Waals surface area contributed by atoms with Gasteiger partial charge in [-0.2, -0.15) is 0 Å². The Kier molecular flexibility index (Phi) is 12.9. The fourth-order valence-corrected chi connectivity index (χ4v) is 5.41. The Morgan fingerprint density at radius 2 is 1.57 bits per heavy atom. The van der Waals surface area contributed by atoms with Gasteiger partial charge in [0.05, 0.1) is 73.5 Å². The minimum Gasteiger partial charge on any atom is -0.481 e. The summed E-state index contributed by atoms with van der Waals surface area (Å²) < 4.78 is 25.9. The van der Waals surface area contributed by atoms with Crippen LogP contribution in [0, 0.1) is 5.41 Å².